The molecular weight excluding hydrogens is 470 g/mol. The van der Waals surface area contributed by atoms with Gasteiger partial charge in [0.25, 0.3) is 0 Å². The van der Waals surface area contributed by atoms with E-state index < -0.39 is 23.9 Å². The van der Waals surface area contributed by atoms with Gasteiger partial charge in [-0.15, -0.1) is 0 Å². The molecule has 0 amide bonds. The highest BCUT2D eigenvalue weighted by Gasteiger charge is 2.44. The second-order valence-electron chi connectivity index (χ2n) is 11.7. The smallest absolute Gasteiger partial charge is 0.164 e. The molecule has 3 aliphatic carbocycles. The summed E-state index contributed by atoms with van der Waals surface area (Å²) in [6.07, 6.45) is 11.4. The zero-order chi connectivity index (χ0) is 26.3. The van der Waals surface area contributed by atoms with Crippen LogP contribution in [0.1, 0.15) is 67.7 Å². The number of hydrogen-bond donors (Lipinski definition) is 0. The molecule has 6 aliphatic rings. The minimum atomic E-state index is -0.872. The molecule has 3 saturated heterocycles. The van der Waals surface area contributed by atoms with Gasteiger partial charge < -0.3 is 28.4 Å². The molecule has 0 aromatic rings. The number of alkyl halides is 2. The van der Waals surface area contributed by atoms with Crippen molar-refractivity contribution < 1.29 is 37.2 Å². The maximum Gasteiger partial charge on any atom is 0.164 e. The molecule has 6 nitrogen and oxygen atoms in total. The van der Waals surface area contributed by atoms with Crippen molar-refractivity contribution in [1.82, 2.24) is 0 Å². The van der Waals surface area contributed by atoms with Crippen molar-refractivity contribution >= 4 is 0 Å². The Hall–Kier alpha value is -1.16. The third-order valence-corrected chi connectivity index (χ3v) is 6.92. The second kappa shape index (κ2) is 10.5. The maximum absolute atomic E-state index is 12.9. The van der Waals surface area contributed by atoms with Gasteiger partial charge in [0.2, 0.25) is 0 Å². The van der Waals surface area contributed by atoms with Crippen LogP contribution in [0, 0.1) is 5.92 Å². The summed E-state index contributed by atoms with van der Waals surface area (Å²) in [5.41, 5.74) is 0. The molecule has 9 atom stereocenters. The molecule has 0 saturated carbocycles. The minimum absolute atomic E-state index is 0.0491. The first-order chi connectivity index (χ1) is 16.7. The molecule has 8 heteroatoms. The van der Waals surface area contributed by atoms with Crippen LogP contribution in [0.3, 0.4) is 0 Å². The van der Waals surface area contributed by atoms with E-state index in [-0.39, 0.29) is 42.4 Å². The molecule has 204 valence electrons. The fraction of sp³-hybridized carbons (Fsp3) is 0.786. The van der Waals surface area contributed by atoms with Gasteiger partial charge in [-0.2, -0.15) is 0 Å². The molecule has 0 aromatic carbocycles. The molecule has 0 aromatic heterocycles. The lowest BCUT2D eigenvalue weighted by Gasteiger charge is -2.23. The van der Waals surface area contributed by atoms with Gasteiger partial charge in [-0.1, -0.05) is 43.4 Å². The summed E-state index contributed by atoms with van der Waals surface area (Å²) in [7, 11) is 0. The standard InChI is InChI=1S/C10H16O2.2C9H13FO2/c1-7-5-4-6-8-9(7)12-10(2,3)11-8;2*1-9(2)11-7-4-3-6(10)5-8(7)12-9/h4-5,7-9H,6H2,1-3H3;2*3-4,6-8H,5H2,1-2H3/t7-,8-,9+;6-,7+,8-;6-,7-,8+/m001/s1. The fourth-order valence-electron chi connectivity index (χ4n) is 5.51. The van der Waals surface area contributed by atoms with Crippen LogP contribution < -0.4 is 0 Å². The summed E-state index contributed by atoms with van der Waals surface area (Å²) < 4.78 is 59.3. The van der Waals surface area contributed by atoms with Crippen LogP contribution in [0.15, 0.2) is 36.5 Å². The van der Waals surface area contributed by atoms with E-state index in [9.17, 15) is 8.78 Å². The number of halogens is 2. The summed E-state index contributed by atoms with van der Waals surface area (Å²) in [6.45, 7) is 13.6. The molecule has 0 spiro atoms. The highest BCUT2D eigenvalue weighted by Crippen LogP contribution is 2.37. The Balaban J connectivity index is 0.000000127. The first-order valence-corrected chi connectivity index (χ1v) is 13.1. The monoisotopic (exact) mass is 512 g/mol. The highest BCUT2D eigenvalue weighted by molar-refractivity contribution is 5.08. The summed E-state index contributed by atoms with van der Waals surface area (Å²) in [6, 6.07) is 0. The van der Waals surface area contributed by atoms with Gasteiger partial charge in [0.1, 0.15) is 24.6 Å². The van der Waals surface area contributed by atoms with Gasteiger partial charge in [-0.3, -0.25) is 0 Å². The van der Waals surface area contributed by atoms with Crippen molar-refractivity contribution in [2.45, 2.75) is 134 Å². The highest BCUT2D eigenvalue weighted by atomic mass is 19.1. The number of rotatable bonds is 0. The lowest BCUT2D eigenvalue weighted by molar-refractivity contribution is -0.147. The van der Waals surface area contributed by atoms with E-state index in [4.69, 9.17) is 28.4 Å². The van der Waals surface area contributed by atoms with Gasteiger partial charge in [-0.25, -0.2) is 8.78 Å². The van der Waals surface area contributed by atoms with Crippen molar-refractivity contribution in [2.24, 2.45) is 5.92 Å². The van der Waals surface area contributed by atoms with Crippen molar-refractivity contribution in [3.8, 4) is 0 Å². The Morgan fingerprint density at radius 1 is 0.583 bits per heavy atom. The summed E-state index contributed by atoms with van der Waals surface area (Å²) in [4.78, 5) is 0. The Kier molecular flexibility index (Phi) is 8.16. The van der Waals surface area contributed by atoms with E-state index in [1.165, 1.54) is 0 Å². The van der Waals surface area contributed by atoms with Gasteiger partial charge in [0, 0.05) is 18.8 Å². The number of hydrogen-bond acceptors (Lipinski definition) is 6. The molecule has 0 bridgehead atoms. The number of allylic oxidation sites excluding steroid dienone is 2. The first-order valence-electron chi connectivity index (χ1n) is 13.1. The van der Waals surface area contributed by atoms with Crippen LogP contribution in [0.25, 0.3) is 0 Å². The number of fused-ring (bicyclic) bond motifs is 3. The Morgan fingerprint density at radius 3 is 1.50 bits per heavy atom. The third-order valence-electron chi connectivity index (χ3n) is 6.92. The predicted molar refractivity (Wildman–Crippen MR) is 132 cm³/mol. The molecule has 3 heterocycles. The molecule has 3 aliphatic heterocycles. The van der Waals surface area contributed by atoms with Crippen LogP contribution in [0.5, 0.6) is 0 Å². The van der Waals surface area contributed by atoms with E-state index >= 15 is 0 Å². The summed E-state index contributed by atoms with van der Waals surface area (Å²) in [5.74, 6) is -0.992. The molecule has 36 heavy (non-hydrogen) atoms. The average Bonchev–Trinajstić information content (AvgIpc) is 3.35. The van der Waals surface area contributed by atoms with Crippen LogP contribution in [-0.4, -0.2) is 66.3 Å². The Labute approximate surface area is 214 Å². The van der Waals surface area contributed by atoms with Gasteiger partial charge >= 0.3 is 0 Å². The fourth-order valence-corrected chi connectivity index (χ4v) is 5.51. The molecular formula is C28H42F2O6. The van der Waals surface area contributed by atoms with Crippen molar-refractivity contribution in [3.63, 3.8) is 0 Å². The predicted octanol–water partition coefficient (Wildman–Crippen LogP) is 5.71. The largest absolute Gasteiger partial charge is 0.344 e. The van der Waals surface area contributed by atoms with Crippen molar-refractivity contribution in [1.29, 1.82) is 0 Å². The van der Waals surface area contributed by atoms with E-state index in [0.29, 0.717) is 18.8 Å². The second-order valence-corrected chi connectivity index (χ2v) is 11.7. The first kappa shape index (κ1) is 27.9. The average molecular weight is 513 g/mol. The van der Waals surface area contributed by atoms with Gasteiger partial charge in [0.05, 0.1) is 24.4 Å². The zero-order valence-corrected chi connectivity index (χ0v) is 22.5. The van der Waals surface area contributed by atoms with Crippen LogP contribution in [0.2, 0.25) is 0 Å². The molecule has 3 fully saturated rings. The van der Waals surface area contributed by atoms with Crippen LogP contribution in [-0.2, 0) is 28.4 Å². The maximum atomic E-state index is 12.9. The Morgan fingerprint density at radius 2 is 1.03 bits per heavy atom. The molecule has 0 unspecified atom stereocenters. The molecule has 0 radical (unpaired) electrons. The van der Waals surface area contributed by atoms with Gasteiger partial charge in [-0.05, 0) is 48.0 Å². The zero-order valence-electron chi connectivity index (χ0n) is 22.5. The normalized spacial score (nSPS) is 44.4. The van der Waals surface area contributed by atoms with Gasteiger partial charge in [0.15, 0.2) is 17.4 Å². The SMILES string of the molecule is CC1(C)O[C@H]2C[C@@H](F)C=C[C@H]2O1.CC1(C)O[C@H]2C[C@H](F)C=C[C@H]2O1.C[C@H]1C=CC[C@@H]2OC(C)(C)O[C@@H]21. The third kappa shape index (κ3) is 7.03. The van der Waals surface area contributed by atoms with Crippen molar-refractivity contribution in [2.75, 3.05) is 0 Å². The Bertz CT molecular complexity index is 807. The topological polar surface area (TPSA) is 55.4 Å². The summed E-state index contributed by atoms with van der Waals surface area (Å²) in [5, 5.41) is 0. The summed E-state index contributed by atoms with van der Waals surface area (Å²) >= 11 is 0. The van der Waals surface area contributed by atoms with Crippen LogP contribution in [0.4, 0.5) is 8.78 Å². The van der Waals surface area contributed by atoms with E-state index in [1.807, 2.05) is 41.5 Å². The van der Waals surface area contributed by atoms with Crippen molar-refractivity contribution in [3.05, 3.63) is 36.5 Å². The molecule has 0 N–H and O–H groups in total. The lowest BCUT2D eigenvalue weighted by Crippen LogP contribution is -2.30. The van der Waals surface area contributed by atoms with Crippen LogP contribution >= 0.6 is 0 Å². The van der Waals surface area contributed by atoms with E-state index in [0.717, 1.165) is 6.42 Å². The number of ether oxygens (including phenoxy) is 6. The minimum Gasteiger partial charge on any atom is -0.344 e. The molecule has 6 rings (SSSR count). The quantitative estimate of drug-likeness (QED) is 0.388. The van der Waals surface area contributed by atoms with E-state index in [2.05, 4.69) is 19.1 Å². The lowest BCUT2D eigenvalue weighted by atomic mass is 9.92. The van der Waals surface area contributed by atoms with E-state index in [1.54, 1.807) is 24.3 Å².